The van der Waals surface area contributed by atoms with Crippen LogP contribution in [0.3, 0.4) is 0 Å². The summed E-state index contributed by atoms with van der Waals surface area (Å²) in [5.41, 5.74) is 7.27. The fourth-order valence-electron chi connectivity index (χ4n) is 2.79. The smallest absolute Gasteiger partial charge is 0.234 e. The van der Waals surface area contributed by atoms with Crippen LogP contribution in [-0.4, -0.2) is 30.9 Å². The van der Waals surface area contributed by atoms with Crippen LogP contribution < -0.4 is 20.5 Å². The number of aromatic nitrogens is 1. The molecule has 2 heterocycles. The molecule has 3 aromatic rings. The average Bonchev–Trinajstić information content (AvgIpc) is 3.31. The first-order valence-electron chi connectivity index (χ1n) is 8.84. The highest BCUT2D eigenvalue weighted by Gasteiger charge is 2.22. The molecule has 0 fully saturated rings. The molecule has 0 radical (unpaired) electrons. The summed E-state index contributed by atoms with van der Waals surface area (Å²) in [6.45, 7) is 0. The summed E-state index contributed by atoms with van der Waals surface area (Å²) in [4.78, 5) is 17.5. The Morgan fingerprint density at radius 3 is 2.61 bits per heavy atom. The van der Waals surface area contributed by atoms with Gasteiger partial charge in [-0.15, -0.1) is 11.3 Å². The molecule has 0 aliphatic heterocycles. The van der Waals surface area contributed by atoms with Gasteiger partial charge >= 0.3 is 0 Å². The molecule has 0 spiro atoms. The van der Waals surface area contributed by atoms with Crippen molar-refractivity contribution in [3.05, 3.63) is 46.8 Å². The third-order valence-electron chi connectivity index (χ3n) is 4.21. The van der Waals surface area contributed by atoms with Crippen molar-refractivity contribution in [3.8, 4) is 34.1 Å². The second-order valence-electron chi connectivity index (χ2n) is 6.03. The molecule has 156 valence electrons. The third kappa shape index (κ3) is 4.72. The number of pyridine rings is 1. The lowest BCUT2D eigenvalue weighted by Gasteiger charge is -2.13. The largest absolute Gasteiger partial charge is 0.497 e. The fraction of sp³-hybridized carbons (Fsp3) is 0.143. The Morgan fingerprint density at radius 1 is 1.23 bits per heavy atom. The van der Waals surface area contributed by atoms with Crippen molar-refractivity contribution >= 4 is 40.5 Å². The number of nitrogens with one attached hydrogen (secondary N) is 1. The van der Waals surface area contributed by atoms with Crippen LogP contribution in [0.2, 0.25) is 0 Å². The number of hydrogen-bond donors (Lipinski definition) is 2. The fourth-order valence-corrected chi connectivity index (χ4v) is 4.37. The zero-order valence-corrected chi connectivity index (χ0v) is 18.3. The molecule has 8 nitrogen and oxygen atoms in total. The Balaban J connectivity index is 1.85. The number of hydrogen-bond acceptors (Lipinski definition) is 9. The number of nitriles is 2. The summed E-state index contributed by atoms with van der Waals surface area (Å²) < 4.78 is 10.4. The minimum atomic E-state index is -0.320. The predicted molar refractivity (Wildman–Crippen MR) is 120 cm³/mol. The van der Waals surface area contributed by atoms with E-state index in [4.69, 9.17) is 15.2 Å². The Bertz CT molecular complexity index is 1200. The van der Waals surface area contributed by atoms with Crippen molar-refractivity contribution in [1.82, 2.24) is 4.98 Å². The summed E-state index contributed by atoms with van der Waals surface area (Å²) >= 11 is 2.46. The quantitative estimate of drug-likeness (QED) is 0.517. The van der Waals surface area contributed by atoms with Gasteiger partial charge in [-0.3, -0.25) is 4.79 Å². The van der Waals surface area contributed by atoms with Gasteiger partial charge in [0.15, 0.2) is 0 Å². The molecular formula is C21H17N5O3S2. The highest BCUT2D eigenvalue weighted by atomic mass is 32.2. The number of anilines is 2. The number of rotatable bonds is 7. The molecule has 1 amide bonds. The third-order valence-corrected chi connectivity index (χ3v) is 6.07. The van der Waals surface area contributed by atoms with Crippen molar-refractivity contribution in [2.24, 2.45) is 0 Å². The minimum absolute atomic E-state index is 0.0182. The Hall–Kier alpha value is -3.73. The van der Waals surface area contributed by atoms with Crippen LogP contribution in [0.4, 0.5) is 11.5 Å². The number of carbonyl (C=O) groups is 1. The van der Waals surface area contributed by atoms with Gasteiger partial charge in [0.25, 0.3) is 0 Å². The minimum Gasteiger partial charge on any atom is -0.497 e. The normalized spacial score (nSPS) is 10.1. The molecule has 0 aliphatic carbocycles. The number of carbonyl (C=O) groups excluding carboxylic acids is 1. The Kier molecular flexibility index (Phi) is 6.98. The number of methoxy groups -OCH3 is 2. The van der Waals surface area contributed by atoms with Crippen molar-refractivity contribution in [2.75, 3.05) is 31.0 Å². The van der Waals surface area contributed by atoms with Gasteiger partial charge in [0, 0.05) is 16.5 Å². The standard InChI is InChI=1S/C21H17N5O3S2/c1-28-12-5-6-15(16(8-12)29-2)25-18(27)11-31-21-14(10-23)19(17-4-3-7-30-17)13(9-22)20(24)26-21/h3-8H,11H2,1-2H3,(H2,24,26)(H,25,27). The number of nitrogens with two attached hydrogens (primary N) is 1. The number of thiophene rings is 1. The lowest BCUT2D eigenvalue weighted by Crippen LogP contribution is -2.15. The summed E-state index contributed by atoms with van der Waals surface area (Å²) in [5.74, 6) is 0.730. The van der Waals surface area contributed by atoms with Crippen LogP contribution in [0.1, 0.15) is 11.1 Å². The van der Waals surface area contributed by atoms with E-state index in [2.05, 4.69) is 16.4 Å². The highest BCUT2D eigenvalue weighted by molar-refractivity contribution is 8.00. The summed E-state index contributed by atoms with van der Waals surface area (Å²) in [6.07, 6.45) is 0. The van der Waals surface area contributed by atoms with E-state index in [-0.39, 0.29) is 28.6 Å². The van der Waals surface area contributed by atoms with Crippen molar-refractivity contribution < 1.29 is 14.3 Å². The zero-order chi connectivity index (χ0) is 22.4. The first kappa shape index (κ1) is 22.0. The first-order valence-corrected chi connectivity index (χ1v) is 10.7. The maximum atomic E-state index is 12.5. The van der Waals surface area contributed by atoms with Crippen LogP contribution in [0.5, 0.6) is 11.5 Å². The van der Waals surface area contributed by atoms with Crippen LogP contribution in [0, 0.1) is 22.7 Å². The van der Waals surface area contributed by atoms with Gasteiger partial charge in [0.2, 0.25) is 5.91 Å². The van der Waals surface area contributed by atoms with E-state index >= 15 is 0 Å². The van der Waals surface area contributed by atoms with Crippen LogP contribution in [0.15, 0.2) is 40.7 Å². The number of nitrogens with zero attached hydrogens (tertiary/aromatic N) is 3. The number of nitrogen functional groups attached to an aromatic ring is 1. The van der Waals surface area contributed by atoms with E-state index in [1.807, 2.05) is 17.5 Å². The molecule has 10 heteroatoms. The maximum absolute atomic E-state index is 12.5. The number of amides is 1. The van der Waals surface area contributed by atoms with E-state index in [1.165, 1.54) is 25.6 Å². The lowest BCUT2D eigenvalue weighted by molar-refractivity contribution is -0.113. The summed E-state index contributed by atoms with van der Waals surface area (Å²) in [7, 11) is 3.03. The van der Waals surface area contributed by atoms with Gasteiger partial charge < -0.3 is 20.5 Å². The van der Waals surface area contributed by atoms with Crippen LogP contribution in [0.25, 0.3) is 10.4 Å². The number of thioether (sulfide) groups is 1. The van der Waals surface area contributed by atoms with Crippen molar-refractivity contribution in [3.63, 3.8) is 0 Å². The molecule has 0 bridgehead atoms. The molecule has 3 rings (SSSR count). The second-order valence-corrected chi connectivity index (χ2v) is 7.94. The molecule has 2 aromatic heterocycles. The molecule has 0 atom stereocenters. The number of benzene rings is 1. The van der Waals surface area contributed by atoms with Gasteiger partial charge in [-0.05, 0) is 23.6 Å². The van der Waals surface area contributed by atoms with Crippen molar-refractivity contribution in [2.45, 2.75) is 5.03 Å². The number of ether oxygens (including phenoxy) is 2. The highest BCUT2D eigenvalue weighted by Crippen LogP contribution is 2.37. The first-order chi connectivity index (χ1) is 15.0. The van der Waals surface area contributed by atoms with Gasteiger partial charge in [0.05, 0.1) is 31.2 Å². The molecular weight excluding hydrogens is 434 g/mol. The summed E-state index contributed by atoms with van der Waals surface area (Å²) in [6, 6.07) is 12.8. The lowest BCUT2D eigenvalue weighted by atomic mass is 10.0. The Labute approximate surface area is 187 Å². The molecule has 0 saturated carbocycles. The monoisotopic (exact) mass is 451 g/mol. The van der Waals surface area contributed by atoms with E-state index in [1.54, 1.807) is 24.3 Å². The predicted octanol–water partition coefficient (Wildman–Crippen LogP) is 3.88. The topological polar surface area (TPSA) is 134 Å². The SMILES string of the molecule is COc1ccc(NC(=O)CSc2nc(N)c(C#N)c(-c3cccs3)c2C#N)c(OC)c1. The van der Waals surface area contributed by atoms with E-state index < -0.39 is 0 Å². The van der Waals surface area contributed by atoms with Gasteiger partial charge in [-0.2, -0.15) is 10.5 Å². The molecule has 1 aromatic carbocycles. The molecule has 0 aliphatic rings. The van der Waals surface area contributed by atoms with Gasteiger partial charge in [0.1, 0.15) is 40.0 Å². The second kappa shape index (κ2) is 9.85. The maximum Gasteiger partial charge on any atom is 0.234 e. The molecule has 3 N–H and O–H groups in total. The van der Waals surface area contributed by atoms with Crippen LogP contribution in [-0.2, 0) is 4.79 Å². The molecule has 0 saturated heterocycles. The molecule has 0 unspecified atom stereocenters. The van der Waals surface area contributed by atoms with Crippen molar-refractivity contribution in [1.29, 1.82) is 10.5 Å². The van der Waals surface area contributed by atoms with Crippen LogP contribution >= 0.6 is 23.1 Å². The molecule has 31 heavy (non-hydrogen) atoms. The summed E-state index contributed by atoms with van der Waals surface area (Å²) in [5, 5.41) is 24.2. The van der Waals surface area contributed by atoms with E-state index in [9.17, 15) is 15.3 Å². The van der Waals surface area contributed by atoms with E-state index in [0.29, 0.717) is 27.8 Å². The van der Waals surface area contributed by atoms with E-state index in [0.717, 1.165) is 16.6 Å². The zero-order valence-electron chi connectivity index (χ0n) is 16.6. The van der Waals surface area contributed by atoms with Gasteiger partial charge in [-0.1, -0.05) is 17.8 Å². The Morgan fingerprint density at radius 2 is 2.00 bits per heavy atom. The average molecular weight is 452 g/mol. The van der Waals surface area contributed by atoms with Gasteiger partial charge in [-0.25, -0.2) is 4.98 Å².